The van der Waals surface area contributed by atoms with Crippen molar-refractivity contribution in [2.45, 2.75) is 49.6 Å². The van der Waals surface area contributed by atoms with Crippen LogP contribution in [0.1, 0.15) is 49.0 Å². The molecule has 4 bridgehead atoms. The van der Waals surface area contributed by atoms with Crippen LogP contribution < -0.4 is 15.8 Å². The number of methoxy groups -OCH3 is 1. The van der Waals surface area contributed by atoms with Crippen LogP contribution in [0.25, 0.3) is 0 Å². The Labute approximate surface area is 130 Å². The molecule has 4 fully saturated rings. The van der Waals surface area contributed by atoms with E-state index in [1.165, 1.54) is 6.42 Å². The number of rotatable bonds is 3. The van der Waals surface area contributed by atoms with Crippen LogP contribution in [0.15, 0.2) is 18.3 Å². The van der Waals surface area contributed by atoms with Crippen molar-refractivity contribution in [2.24, 2.45) is 17.6 Å². The summed E-state index contributed by atoms with van der Waals surface area (Å²) >= 11 is 0. The molecule has 3 N–H and O–H groups in total. The molecule has 0 radical (unpaired) electrons. The number of carbonyl (C=O) groups is 1. The van der Waals surface area contributed by atoms with E-state index in [1.54, 1.807) is 25.4 Å². The van der Waals surface area contributed by atoms with Crippen LogP contribution in [0.3, 0.4) is 0 Å². The Bertz CT molecular complexity index is 602. The van der Waals surface area contributed by atoms with Crippen LogP contribution >= 0.6 is 0 Å². The van der Waals surface area contributed by atoms with Crippen molar-refractivity contribution < 1.29 is 9.53 Å². The summed E-state index contributed by atoms with van der Waals surface area (Å²) < 4.78 is 5.17. The summed E-state index contributed by atoms with van der Waals surface area (Å²) in [4.78, 5) is 16.8. The van der Waals surface area contributed by atoms with Crippen molar-refractivity contribution in [2.75, 3.05) is 7.11 Å². The van der Waals surface area contributed by atoms with Gasteiger partial charge in [0.2, 0.25) is 0 Å². The van der Waals surface area contributed by atoms with Crippen molar-refractivity contribution in [3.8, 4) is 5.75 Å². The average molecular weight is 301 g/mol. The predicted molar refractivity (Wildman–Crippen MR) is 82.6 cm³/mol. The van der Waals surface area contributed by atoms with E-state index >= 15 is 0 Å². The molecule has 1 heterocycles. The van der Waals surface area contributed by atoms with Crippen molar-refractivity contribution in [1.29, 1.82) is 0 Å². The van der Waals surface area contributed by atoms with Gasteiger partial charge < -0.3 is 15.8 Å². The Morgan fingerprint density at radius 2 is 2.09 bits per heavy atom. The first-order chi connectivity index (χ1) is 10.5. The largest absolute Gasteiger partial charge is 0.497 e. The zero-order valence-electron chi connectivity index (χ0n) is 13.0. The molecule has 0 spiro atoms. The van der Waals surface area contributed by atoms with Crippen LogP contribution in [-0.2, 0) is 0 Å². The second kappa shape index (κ2) is 4.69. The first-order valence-corrected chi connectivity index (χ1v) is 8.11. The third-order valence-corrected chi connectivity index (χ3v) is 5.68. The topological polar surface area (TPSA) is 77.2 Å². The summed E-state index contributed by atoms with van der Waals surface area (Å²) in [6.07, 6.45) is 8.18. The second-order valence-electron chi connectivity index (χ2n) is 7.64. The lowest BCUT2D eigenvalue weighted by atomic mass is 9.50. The second-order valence-corrected chi connectivity index (χ2v) is 7.64. The van der Waals surface area contributed by atoms with Crippen molar-refractivity contribution in [3.05, 3.63) is 24.0 Å². The smallest absolute Gasteiger partial charge is 0.270 e. The number of nitrogens with zero attached hydrogens (tertiary/aromatic N) is 1. The summed E-state index contributed by atoms with van der Waals surface area (Å²) in [7, 11) is 1.59. The lowest BCUT2D eigenvalue weighted by Crippen LogP contribution is -2.68. The summed E-state index contributed by atoms with van der Waals surface area (Å²) in [6, 6.07) is 3.43. The molecule has 4 aliphatic rings. The van der Waals surface area contributed by atoms with Crippen molar-refractivity contribution >= 4 is 5.91 Å². The molecule has 22 heavy (non-hydrogen) atoms. The molecule has 1 aromatic heterocycles. The van der Waals surface area contributed by atoms with E-state index in [9.17, 15) is 4.79 Å². The van der Waals surface area contributed by atoms with Crippen molar-refractivity contribution in [1.82, 2.24) is 10.3 Å². The maximum absolute atomic E-state index is 12.6. The fourth-order valence-electron chi connectivity index (χ4n) is 5.45. The number of nitrogens with one attached hydrogen (secondary N) is 1. The van der Waals surface area contributed by atoms with Crippen LogP contribution in [0.5, 0.6) is 5.75 Å². The average Bonchev–Trinajstić information content (AvgIpc) is 2.44. The zero-order chi connectivity index (χ0) is 15.4. The predicted octanol–water partition coefficient (Wildman–Crippen LogP) is 1.87. The highest BCUT2D eigenvalue weighted by Gasteiger charge is 2.56. The maximum Gasteiger partial charge on any atom is 0.270 e. The molecule has 4 saturated carbocycles. The van der Waals surface area contributed by atoms with Gasteiger partial charge in [0.25, 0.3) is 5.91 Å². The van der Waals surface area contributed by atoms with Crippen LogP contribution in [-0.4, -0.2) is 29.1 Å². The minimum absolute atomic E-state index is 0.0703. The fraction of sp³-hybridized carbons (Fsp3) is 0.647. The summed E-state index contributed by atoms with van der Waals surface area (Å²) in [6.45, 7) is 0. The summed E-state index contributed by atoms with van der Waals surface area (Å²) in [5.41, 5.74) is 6.80. The van der Waals surface area contributed by atoms with Gasteiger partial charge in [0.1, 0.15) is 11.4 Å². The molecule has 0 aromatic carbocycles. The van der Waals surface area contributed by atoms with Crippen molar-refractivity contribution in [3.63, 3.8) is 0 Å². The van der Waals surface area contributed by atoms with Gasteiger partial charge in [0.05, 0.1) is 7.11 Å². The third-order valence-electron chi connectivity index (χ3n) is 5.68. The number of pyridine rings is 1. The molecule has 0 aliphatic heterocycles. The monoisotopic (exact) mass is 301 g/mol. The van der Waals surface area contributed by atoms with E-state index in [0.29, 0.717) is 23.3 Å². The van der Waals surface area contributed by atoms with Gasteiger partial charge in [-0.05, 0) is 56.4 Å². The maximum atomic E-state index is 12.6. The molecule has 0 saturated heterocycles. The Hall–Kier alpha value is -1.62. The van der Waals surface area contributed by atoms with E-state index in [0.717, 1.165) is 32.1 Å². The first kappa shape index (κ1) is 14.0. The zero-order valence-corrected chi connectivity index (χ0v) is 13.0. The molecule has 1 amide bonds. The van der Waals surface area contributed by atoms with Gasteiger partial charge in [-0.1, -0.05) is 0 Å². The summed E-state index contributed by atoms with van der Waals surface area (Å²) in [5.74, 6) is 1.89. The number of amides is 1. The molecule has 5 rings (SSSR count). The standard InChI is InChI=1S/C17H23N3O2/c1-22-13-2-3-19-14(5-13)15(21)20-17-8-11-4-12(9-17)7-16(18,6-11)10-17/h2-3,5,11-12H,4,6-10,18H2,1H3,(H,20,21). The highest BCUT2D eigenvalue weighted by atomic mass is 16.5. The van der Waals surface area contributed by atoms with Crippen LogP contribution in [0.4, 0.5) is 0 Å². The molecule has 1 aromatic rings. The van der Waals surface area contributed by atoms with E-state index in [2.05, 4.69) is 10.3 Å². The first-order valence-electron chi connectivity index (χ1n) is 8.11. The molecular formula is C17H23N3O2. The van der Waals surface area contributed by atoms with E-state index in [4.69, 9.17) is 10.5 Å². The van der Waals surface area contributed by atoms with Gasteiger partial charge >= 0.3 is 0 Å². The SMILES string of the molecule is COc1ccnc(C(=O)NC23CC4CC(CC(N)(C4)C2)C3)c1. The number of hydrogen-bond donors (Lipinski definition) is 2. The molecule has 5 heteroatoms. The Balaban J connectivity index is 1.56. The summed E-state index contributed by atoms with van der Waals surface area (Å²) in [5, 5.41) is 3.28. The number of nitrogens with two attached hydrogens (primary N) is 1. The van der Waals surface area contributed by atoms with Crippen LogP contribution in [0, 0.1) is 11.8 Å². The molecule has 2 unspecified atom stereocenters. The van der Waals surface area contributed by atoms with Gasteiger partial charge in [0.15, 0.2) is 0 Å². The third kappa shape index (κ3) is 2.28. The van der Waals surface area contributed by atoms with Gasteiger partial charge in [0, 0.05) is 23.3 Å². The minimum atomic E-state index is -0.124. The van der Waals surface area contributed by atoms with Gasteiger partial charge in [-0.2, -0.15) is 0 Å². The highest BCUT2D eigenvalue weighted by Crippen LogP contribution is 2.56. The molecule has 5 nitrogen and oxygen atoms in total. The van der Waals surface area contributed by atoms with E-state index in [1.807, 2.05) is 0 Å². The van der Waals surface area contributed by atoms with E-state index < -0.39 is 0 Å². The Morgan fingerprint density at radius 3 is 2.73 bits per heavy atom. The fourth-order valence-corrected chi connectivity index (χ4v) is 5.45. The molecule has 4 aliphatic carbocycles. The number of carbonyl (C=O) groups excluding carboxylic acids is 1. The quantitative estimate of drug-likeness (QED) is 0.893. The van der Waals surface area contributed by atoms with Gasteiger partial charge in [-0.3, -0.25) is 9.78 Å². The molecular weight excluding hydrogens is 278 g/mol. The number of ether oxygens (including phenoxy) is 1. The minimum Gasteiger partial charge on any atom is -0.497 e. The Kier molecular flexibility index (Phi) is 2.98. The van der Waals surface area contributed by atoms with Gasteiger partial charge in [-0.15, -0.1) is 0 Å². The highest BCUT2D eigenvalue weighted by molar-refractivity contribution is 5.93. The number of aromatic nitrogens is 1. The molecule has 118 valence electrons. The lowest BCUT2D eigenvalue weighted by Gasteiger charge is -2.61. The van der Waals surface area contributed by atoms with E-state index in [-0.39, 0.29) is 17.0 Å². The van der Waals surface area contributed by atoms with Gasteiger partial charge in [-0.25, -0.2) is 0 Å². The van der Waals surface area contributed by atoms with Crippen LogP contribution in [0.2, 0.25) is 0 Å². The Morgan fingerprint density at radius 1 is 1.36 bits per heavy atom. The number of hydrogen-bond acceptors (Lipinski definition) is 4. The molecule has 2 atom stereocenters. The lowest BCUT2D eigenvalue weighted by molar-refractivity contribution is -0.0321. The normalized spacial score (nSPS) is 38.8.